The Morgan fingerprint density at radius 2 is 2.05 bits per heavy atom. The van der Waals surface area contributed by atoms with E-state index in [0.717, 1.165) is 0 Å². The number of fused-ring (bicyclic) bond motifs is 1. The third kappa shape index (κ3) is 2.37. The van der Waals surface area contributed by atoms with Crippen LogP contribution in [0.2, 0.25) is 0 Å². The van der Waals surface area contributed by atoms with Gasteiger partial charge in [0.1, 0.15) is 17.4 Å². The van der Waals surface area contributed by atoms with Gasteiger partial charge >= 0.3 is 5.69 Å². The van der Waals surface area contributed by atoms with Crippen molar-refractivity contribution in [1.29, 1.82) is 0 Å². The summed E-state index contributed by atoms with van der Waals surface area (Å²) in [5, 5.41) is 14.6. The highest BCUT2D eigenvalue weighted by molar-refractivity contribution is 5.98. The summed E-state index contributed by atoms with van der Waals surface area (Å²) >= 11 is 0. The van der Waals surface area contributed by atoms with Crippen LogP contribution in [0.25, 0.3) is 10.9 Å². The quantitative estimate of drug-likeness (QED) is 0.652. The number of nitrogens with two attached hydrogens (primary N) is 1. The van der Waals surface area contributed by atoms with Gasteiger partial charge in [-0.25, -0.2) is 4.98 Å². The number of nitrogens with one attached hydrogen (secondary N) is 1. The van der Waals surface area contributed by atoms with Gasteiger partial charge < -0.3 is 11.1 Å². The van der Waals surface area contributed by atoms with Gasteiger partial charge in [-0.2, -0.15) is 0 Å². The van der Waals surface area contributed by atoms with Gasteiger partial charge in [-0.3, -0.25) is 14.9 Å². The number of carbonyl (C=O) groups excluding carboxylic acids is 1. The molecule has 20 heavy (non-hydrogen) atoms. The number of aromatic nitrogens is 1. The number of primary amides is 1. The third-order valence-corrected chi connectivity index (χ3v) is 3.01. The molecular formula is C13H14N4O3. The predicted octanol–water partition coefficient (Wildman–Crippen LogP) is 1.82. The molecule has 3 N–H and O–H groups in total. The molecule has 0 aliphatic rings. The van der Waals surface area contributed by atoms with Crippen LogP contribution in [0.1, 0.15) is 13.8 Å². The van der Waals surface area contributed by atoms with Crippen molar-refractivity contribution in [3.8, 4) is 0 Å². The highest BCUT2D eigenvalue weighted by Gasteiger charge is 2.29. The van der Waals surface area contributed by atoms with Crippen LogP contribution >= 0.6 is 0 Å². The first-order valence-electron chi connectivity index (χ1n) is 5.93. The topological polar surface area (TPSA) is 111 Å². The van der Waals surface area contributed by atoms with E-state index < -0.39 is 16.4 Å². The Kier molecular flexibility index (Phi) is 3.27. The number of hydrogen-bond acceptors (Lipinski definition) is 5. The van der Waals surface area contributed by atoms with Crippen LogP contribution in [0.15, 0.2) is 30.5 Å². The lowest BCUT2D eigenvalue weighted by atomic mass is 10.0. The standard InChI is InChI=1S/C13H14N4O3/c1-13(2,12(14)18)16-11-8-5-3-4-6-9(8)15-7-10(11)17(19)20/h3-7H,1-2H3,(H2,14,18)(H,15,16). The number of para-hydroxylation sites is 1. The summed E-state index contributed by atoms with van der Waals surface area (Å²) in [6.07, 6.45) is 1.17. The number of nitrogens with zero attached hydrogens (tertiary/aromatic N) is 2. The molecule has 0 bridgehead atoms. The first-order chi connectivity index (χ1) is 9.33. The zero-order chi connectivity index (χ0) is 14.9. The minimum atomic E-state index is -1.12. The van der Waals surface area contributed by atoms with Gasteiger partial charge in [0.2, 0.25) is 5.91 Å². The van der Waals surface area contributed by atoms with Gasteiger partial charge in [0, 0.05) is 5.39 Å². The fourth-order valence-electron chi connectivity index (χ4n) is 1.77. The van der Waals surface area contributed by atoms with E-state index in [4.69, 9.17) is 5.73 Å². The molecular weight excluding hydrogens is 260 g/mol. The molecule has 0 spiro atoms. The maximum absolute atomic E-state index is 11.4. The first kappa shape index (κ1) is 13.7. The Hall–Kier alpha value is -2.70. The van der Waals surface area contributed by atoms with Crippen molar-refractivity contribution >= 4 is 28.2 Å². The summed E-state index contributed by atoms with van der Waals surface area (Å²) in [5.41, 5.74) is 4.83. The molecule has 1 heterocycles. The molecule has 7 heteroatoms. The largest absolute Gasteiger partial charge is 0.368 e. The zero-order valence-electron chi connectivity index (χ0n) is 11.1. The Bertz CT molecular complexity index is 697. The number of nitro groups is 1. The number of benzene rings is 1. The highest BCUT2D eigenvalue weighted by Crippen LogP contribution is 2.33. The Morgan fingerprint density at radius 1 is 1.40 bits per heavy atom. The summed E-state index contributed by atoms with van der Waals surface area (Å²) in [5.74, 6) is -0.604. The average Bonchev–Trinajstić information content (AvgIpc) is 2.38. The van der Waals surface area contributed by atoms with Gasteiger partial charge in [-0.15, -0.1) is 0 Å². The van der Waals surface area contributed by atoms with Gasteiger partial charge in [0.15, 0.2) is 0 Å². The molecule has 104 valence electrons. The number of hydrogen-bond donors (Lipinski definition) is 2. The summed E-state index contributed by atoms with van der Waals surface area (Å²) in [6, 6.07) is 6.97. The molecule has 0 aliphatic carbocycles. The molecule has 7 nitrogen and oxygen atoms in total. The molecule has 0 radical (unpaired) electrons. The number of carbonyl (C=O) groups is 1. The van der Waals surface area contributed by atoms with E-state index >= 15 is 0 Å². The van der Waals surface area contributed by atoms with E-state index in [1.807, 2.05) is 0 Å². The predicted molar refractivity (Wildman–Crippen MR) is 75.3 cm³/mol. The van der Waals surface area contributed by atoms with E-state index in [-0.39, 0.29) is 11.4 Å². The second-order valence-corrected chi connectivity index (χ2v) is 4.91. The Morgan fingerprint density at radius 3 is 2.65 bits per heavy atom. The smallest absolute Gasteiger partial charge is 0.311 e. The maximum atomic E-state index is 11.4. The maximum Gasteiger partial charge on any atom is 0.311 e. The van der Waals surface area contributed by atoms with E-state index in [2.05, 4.69) is 10.3 Å². The lowest BCUT2D eigenvalue weighted by molar-refractivity contribution is -0.384. The Labute approximate surface area is 114 Å². The van der Waals surface area contributed by atoms with Crippen molar-refractivity contribution in [2.24, 2.45) is 5.73 Å². The summed E-state index contributed by atoms with van der Waals surface area (Å²) in [4.78, 5) is 26.0. The molecule has 2 aromatic rings. The lowest BCUT2D eigenvalue weighted by Crippen LogP contribution is -2.45. The van der Waals surface area contributed by atoms with E-state index in [1.165, 1.54) is 6.20 Å². The molecule has 1 aromatic heterocycles. The molecule has 0 unspecified atom stereocenters. The van der Waals surface area contributed by atoms with E-state index in [9.17, 15) is 14.9 Å². The van der Waals surface area contributed by atoms with Gasteiger partial charge in [0.05, 0.1) is 10.4 Å². The third-order valence-electron chi connectivity index (χ3n) is 3.01. The van der Waals surface area contributed by atoms with Crippen LogP contribution in [0.5, 0.6) is 0 Å². The summed E-state index contributed by atoms with van der Waals surface area (Å²) in [7, 11) is 0. The fraction of sp³-hybridized carbons (Fsp3) is 0.231. The molecule has 0 saturated carbocycles. The SMILES string of the molecule is CC(C)(Nc1c([N+](=O)[O-])cnc2ccccc12)C(N)=O. The number of pyridine rings is 1. The van der Waals surface area contributed by atoms with E-state index in [1.54, 1.807) is 38.1 Å². The van der Waals surface area contributed by atoms with Crippen molar-refractivity contribution in [3.05, 3.63) is 40.6 Å². The van der Waals surface area contributed by atoms with Crippen molar-refractivity contribution in [2.45, 2.75) is 19.4 Å². The van der Waals surface area contributed by atoms with Crippen molar-refractivity contribution in [3.63, 3.8) is 0 Å². The minimum absolute atomic E-state index is 0.196. The Balaban J connectivity index is 2.67. The zero-order valence-corrected chi connectivity index (χ0v) is 11.1. The fourth-order valence-corrected chi connectivity index (χ4v) is 1.77. The van der Waals surface area contributed by atoms with Crippen LogP contribution in [0.3, 0.4) is 0 Å². The van der Waals surface area contributed by atoms with Crippen molar-refractivity contribution < 1.29 is 9.72 Å². The molecule has 0 aliphatic heterocycles. The van der Waals surface area contributed by atoms with Crippen LogP contribution in [0.4, 0.5) is 11.4 Å². The number of rotatable bonds is 4. The highest BCUT2D eigenvalue weighted by atomic mass is 16.6. The second kappa shape index (κ2) is 4.76. The monoisotopic (exact) mass is 274 g/mol. The van der Waals surface area contributed by atoms with Crippen molar-refractivity contribution in [2.75, 3.05) is 5.32 Å². The normalized spacial score (nSPS) is 11.3. The second-order valence-electron chi connectivity index (χ2n) is 4.91. The average molecular weight is 274 g/mol. The molecule has 2 rings (SSSR count). The van der Waals surface area contributed by atoms with Crippen molar-refractivity contribution in [1.82, 2.24) is 4.98 Å². The van der Waals surface area contributed by atoms with Gasteiger partial charge in [-0.1, -0.05) is 18.2 Å². The van der Waals surface area contributed by atoms with Crippen LogP contribution < -0.4 is 11.1 Å². The number of amides is 1. The van der Waals surface area contributed by atoms with Crippen LogP contribution in [0, 0.1) is 10.1 Å². The minimum Gasteiger partial charge on any atom is -0.368 e. The van der Waals surface area contributed by atoms with Crippen LogP contribution in [-0.4, -0.2) is 21.4 Å². The van der Waals surface area contributed by atoms with Gasteiger partial charge in [0.25, 0.3) is 0 Å². The summed E-state index contributed by atoms with van der Waals surface area (Å²) in [6.45, 7) is 3.13. The van der Waals surface area contributed by atoms with Gasteiger partial charge in [-0.05, 0) is 19.9 Å². The molecule has 0 fully saturated rings. The molecule has 1 amide bonds. The van der Waals surface area contributed by atoms with Crippen LogP contribution in [-0.2, 0) is 4.79 Å². The molecule has 0 saturated heterocycles. The molecule has 0 atom stereocenters. The summed E-state index contributed by atoms with van der Waals surface area (Å²) < 4.78 is 0. The number of anilines is 1. The first-order valence-corrected chi connectivity index (χ1v) is 5.93. The van der Waals surface area contributed by atoms with E-state index in [0.29, 0.717) is 10.9 Å². The molecule has 1 aromatic carbocycles. The lowest BCUT2D eigenvalue weighted by Gasteiger charge is -2.24.